The van der Waals surface area contributed by atoms with Crippen molar-refractivity contribution in [2.75, 3.05) is 0 Å². The number of carbonyl (C=O) groups is 1. The lowest BCUT2D eigenvalue weighted by atomic mass is 10.1. The molecule has 3 aromatic carbocycles. The summed E-state index contributed by atoms with van der Waals surface area (Å²) < 4.78 is 19.0. The molecule has 0 spiro atoms. The molecule has 0 radical (unpaired) electrons. The Morgan fingerprint density at radius 2 is 1.84 bits per heavy atom. The molecule has 1 aliphatic rings. The molecule has 1 aliphatic heterocycles. The molecule has 31 heavy (non-hydrogen) atoms. The van der Waals surface area contributed by atoms with Gasteiger partial charge in [-0.3, -0.25) is 4.79 Å². The number of rotatable bonds is 5. The van der Waals surface area contributed by atoms with Gasteiger partial charge in [0.05, 0.1) is 10.6 Å². The van der Waals surface area contributed by atoms with Crippen LogP contribution >= 0.6 is 23.4 Å². The highest BCUT2D eigenvalue weighted by Crippen LogP contribution is 2.32. The van der Waals surface area contributed by atoms with Crippen LogP contribution in [0.25, 0.3) is 6.08 Å². The third-order valence-electron chi connectivity index (χ3n) is 4.48. The van der Waals surface area contributed by atoms with Gasteiger partial charge in [-0.2, -0.15) is 0 Å². The van der Waals surface area contributed by atoms with Crippen LogP contribution < -0.4 is 10.1 Å². The summed E-state index contributed by atoms with van der Waals surface area (Å²) in [5.41, 5.74) is 3.40. The highest BCUT2D eigenvalue weighted by molar-refractivity contribution is 8.18. The quantitative estimate of drug-likeness (QED) is 0.465. The van der Waals surface area contributed by atoms with E-state index in [1.54, 1.807) is 36.4 Å². The second-order valence-electron chi connectivity index (χ2n) is 6.91. The monoisotopic (exact) mass is 452 g/mol. The molecule has 1 saturated heterocycles. The van der Waals surface area contributed by atoms with E-state index in [0.29, 0.717) is 26.4 Å². The lowest BCUT2D eigenvalue weighted by Gasteiger charge is -2.10. The summed E-state index contributed by atoms with van der Waals surface area (Å²) in [7, 11) is 0. The zero-order valence-corrected chi connectivity index (χ0v) is 18.1. The average molecular weight is 453 g/mol. The largest absolute Gasteiger partial charge is 0.488 e. The van der Waals surface area contributed by atoms with Crippen LogP contribution in [0.1, 0.15) is 16.7 Å². The fraction of sp³-hybridized carbons (Fsp3) is 0.0833. The number of thioether (sulfide) groups is 1. The fourth-order valence-electron chi connectivity index (χ4n) is 2.86. The number of amidine groups is 1. The van der Waals surface area contributed by atoms with E-state index in [9.17, 15) is 9.18 Å². The Morgan fingerprint density at radius 1 is 1.10 bits per heavy atom. The Balaban J connectivity index is 1.54. The summed E-state index contributed by atoms with van der Waals surface area (Å²) in [6.45, 7) is 2.27. The lowest BCUT2D eigenvalue weighted by Crippen LogP contribution is -2.19. The smallest absolute Gasteiger partial charge is 0.264 e. The van der Waals surface area contributed by atoms with Gasteiger partial charge in [0.1, 0.15) is 18.2 Å². The van der Waals surface area contributed by atoms with Crippen molar-refractivity contribution >= 4 is 46.2 Å². The number of carbonyl (C=O) groups excluding carboxylic acids is 1. The maximum Gasteiger partial charge on any atom is 0.264 e. The molecule has 0 bridgehead atoms. The minimum atomic E-state index is -0.298. The predicted octanol–water partition coefficient (Wildman–Crippen LogP) is 6.26. The Morgan fingerprint density at radius 3 is 2.58 bits per heavy atom. The SMILES string of the molecule is Cc1ccc(N=C2NC(=O)/C(=C/c3cc(Cl)ccc3OCc3ccc(F)cc3)S2)cc1. The maximum atomic E-state index is 13.1. The Hall–Kier alpha value is -3.09. The van der Waals surface area contributed by atoms with Crippen molar-refractivity contribution in [3.63, 3.8) is 0 Å². The molecule has 7 heteroatoms. The Kier molecular flexibility index (Phi) is 6.39. The first-order valence-electron chi connectivity index (χ1n) is 9.49. The molecular weight excluding hydrogens is 435 g/mol. The summed E-state index contributed by atoms with van der Waals surface area (Å²) in [5, 5.41) is 3.82. The summed E-state index contributed by atoms with van der Waals surface area (Å²) in [5.74, 6) is 0.0342. The number of nitrogens with one attached hydrogen (secondary N) is 1. The van der Waals surface area contributed by atoms with Crippen LogP contribution in [0.15, 0.2) is 76.6 Å². The third kappa shape index (κ3) is 5.54. The van der Waals surface area contributed by atoms with Gasteiger partial charge in [-0.05, 0) is 72.8 Å². The fourth-order valence-corrected chi connectivity index (χ4v) is 3.88. The number of aryl methyl sites for hydroxylation is 1. The maximum absolute atomic E-state index is 13.1. The molecule has 156 valence electrons. The van der Waals surface area contributed by atoms with Crippen molar-refractivity contribution in [2.45, 2.75) is 13.5 Å². The predicted molar refractivity (Wildman–Crippen MR) is 124 cm³/mol. The minimum absolute atomic E-state index is 0.236. The second-order valence-corrected chi connectivity index (χ2v) is 8.38. The Bertz CT molecular complexity index is 1180. The van der Waals surface area contributed by atoms with Crippen LogP contribution in [-0.4, -0.2) is 11.1 Å². The standard InChI is InChI=1S/C24H18ClFN2O2S/c1-15-2-9-20(10-3-15)27-24-28-23(29)22(31-24)13-17-12-18(25)6-11-21(17)30-14-16-4-7-19(26)8-5-16/h2-13H,14H2,1H3,(H,27,28,29)/b22-13-. The molecule has 0 aliphatic carbocycles. The van der Waals surface area contributed by atoms with Gasteiger partial charge in [0.25, 0.3) is 5.91 Å². The first-order chi connectivity index (χ1) is 15.0. The molecule has 1 heterocycles. The van der Waals surface area contributed by atoms with E-state index in [0.717, 1.165) is 16.8 Å². The zero-order valence-electron chi connectivity index (χ0n) is 16.6. The van der Waals surface area contributed by atoms with E-state index in [4.69, 9.17) is 16.3 Å². The molecule has 4 nitrogen and oxygen atoms in total. The lowest BCUT2D eigenvalue weighted by molar-refractivity contribution is -0.115. The van der Waals surface area contributed by atoms with E-state index < -0.39 is 0 Å². The van der Waals surface area contributed by atoms with Crippen LogP contribution in [0.3, 0.4) is 0 Å². The number of aliphatic imine (C=N–C) groups is 1. The second kappa shape index (κ2) is 9.37. The van der Waals surface area contributed by atoms with E-state index in [1.807, 2.05) is 31.2 Å². The zero-order chi connectivity index (χ0) is 21.8. The van der Waals surface area contributed by atoms with Gasteiger partial charge < -0.3 is 10.1 Å². The molecule has 1 N–H and O–H groups in total. The average Bonchev–Trinajstić information content (AvgIpc) is 3.09. The van der Waals surface area contributed by atoms with Gasteiger partial charge in [-0.15, -0.1) is 0 Å². The van der Waals surface area contributed by atoms with Crippen molar-refractivity contribution in [1.29, 1.82) is 0 Å². The van der Waals surface area contributed by atoms with Crippen molar-refractivity contribution in [3.05, 3.63) is 99.2 Å². The number of ether oxygens (including phenoxy) is 1. The van der Waals surface area contributed by atoms with Crippen LogP contribution in [-0.2, 0) is 11.4 Å². The van der Waals surface area contributed by atoms with Gasteiger partial charge >= 0.3 is 0 Å². The van der Waals surface area contributed by atoms with Crippen LogP contribution in [0, 0.1) is 12.7 Å². The van der Waals surface area contributed by atoms with Crippen molar-refractivity contribution < 1.29 is 13.9 Å². The molecule has 1 fully saturated rings. The van der Waals surface area contributed by atoms with E-state index in [1.165, 1.54) is 23.9 Å². The molecular formula is C24H18ClFN2O2S. The number of hydrogen-bond acceptors (Lipinski definition) is 4. The summed E-state index contributed by atoms with van der Waals surface area (Å²) in [6, 6.07) is 19.0. The highest BCUT2D eigenvalue weighted by atomic mass is 35.5. The highest BCUT2D eigenvalue weighted by Gasteiger charge is 2.24. The Labute approximate surface area is 188 Å². The van der Waals surface area contributed by atoms with Gasteiger partial charge in [-0.25, -0.2) is 9.38 Å². The molecule has 0 atom stereocenters. The van der Waals surface area contributed by atoms with Gasteiger partial charge in [-0.1, -0.05) is 41.4 Å². The minimum Gasteiger partial charge on any atom is -0.488 e. The van der Waals surface area contributed by atoms with Gasteiger partial charge in [0, 0.05) is 10.6 Å². The van der Waals surface area contributed by atoms with Crippen molar-refractivity contribution in [2.24, 2.45) is 4.99 Å². The summed E-state index contributed by atoms with van der Waals surface area (Å²) >= 11 is 7.42. The third-order valence-corrected chi connectivity index (χ3v) is 5.63. The first kappa shape index (κ1) is 21.2. The number of benzene rings is 3. The molecule has 0 saturated carbocycles. The molecule has 4 rings (SSSR count). The molecule has 1 amide bonds. The van der Waals surface area contributed by atoms with Crippen molar-refractivity contribution in [3.8, 4) is 5.75 Å². The van der Waals surface area contributed by atoms with Crippen LogP contribution in [0.5, 0.6) is 5.75 Å². The van der Waals surface area contributed by atoms with E-state index >= 15 is 0 Å². The molecule has 3 aromatic rings. The molecule has 0 aromatic heterocycles. The van der Waals surface area contributed by atoms with Gasteiger partial charge in [0.15, 0.2) is 5.17 Å². The van der Waals surface area contributed by atoms with Gasteiger partial charge in [0.2, 0.25) is 0 Å². The van der Waals surface area contributed by atoms with E-state index in [2.05, 4.69) is 10.3 Å². The topological polar surface area (TPSA) is 50.7 Å². The summed E-state index contributed by atoms with van der Waals surface area (Å²) in [4.78, 5) is 17.4. The van der Waals surface area contributed by atoms with Crippen molar-refractivity contribution in [1.82, 2.24) is 5.32 Å². The number of halogens is 2. The number of hydrogen-bond donors (Lipinski definition) is 1. The number of nitrogens with zero attached hydrogens (tertiary/aromatic N) is 1. The van der Waals surface area contributed by atoms with E-state index in [-0.39, 0.29) is 18.3 Å². The van der Waals surface area contributed by atoms with Crippen LogP contribution in [0.4, 0.5) is 10.1 Å². The molecule has 0 unspecified atom stereocenters. The normalized spacial score (nSPS) is 16.0. The van der Waals surface area contributed by atoms with Crippen LogP contribution in [0.2, 0.25) is 5.02 Å². The first-order valence-corrected chi connectivity index (χ1v) is 10.7. The number of amides is 1. The summed E-state index contributed by atoms with van der Waals surface area (Å²) in [6.07, 6.45) is 1.73.